The van der Waals surface area contributed by atoms with E-state index in [1.807, 2.05) is 7.05 Å². The topological polar surface area (TPSA) is 8.81 Å². The van der Waals surface area contributed by atoms with E-state index < -0.39 is 0 Å². The first-order chi connectivity index (χ1) is 10.1. The van der Waals surface area contributed by atoms with Crippen LogP contribution in [-0.2, 0) is 7.05 Å². The summed E-state index contributed by atoms with van der Waals surface area (Å²) in [5.74, 6) is 0.623. The van der Waals surface area contributed by atoms with Crippen molar-refractivity contribution in [2.75, 3.05) is 0 Å². The fourth-order valence-electron chi connectivity index (χ4n) is 3.63. The van der Waals surface area contributed by atoms with Crippen molar-refractivity contribution in [3.63, 3.8) is 0 Å². The van der Waals surface area contributed by atoms with Gasteiger partial charge in [-0.2, -0.15) is 4.57 Å². The van der Waals surface area contributed by atoms with E-state index in [-0.39, 0.29) is 0 Å². The van der Waals surface area contributed by atoms with Crippen molar-refractivity contribution in [2.24, 2.45) is 7.05 Å². The van der Waals surface area contributed by atoms with Gasteiger partial charge in [0, 0.05) is 12.8 Å². The van der Waals surface area contributed by atoms with Gasteiger partial charge < -0.3 is 0 Å². The zero-order chi connectivity index (χ0) is 15.0. The molecule has 106 valence electrons. The fourth-order valence-corrected chi connectivity index (χ4v) is 3.63. The van der Waals surface area contributed by atoms with E-state index in [4.69, 9.17) is 1.37 Å². The summed E-state index contributed by atoms with van der Waals surface area (Å²) in [5, 5.41) is 0. The molecule has 2 aromatic rings. The maximum atomic E-state index is 8.54. The molecule has 0 saturated heterocycles. The number of imidazole rings is 1. The molecular weight excluding hydrogens is 244 g/mol. The Labute approximate surface area is 123 Å². The van der Waals surface area contributed by atoms with Gasteiger partial charge in [-0.15, -0.1) is 0 Å². The fraction of sp³-hybridized carbons (Fsp3) is 0.500. The van der Waals surface area contributed by atoms with Gasteiger partial charge in [-0.25, -0.2) is 4.57 Å². The monoisotopic (exact) mass is 270 g/mol. The summed E-state index contributed by atoms with van der Waals surface area (Å²) in [6, 6.07) is 8.35. The molecule has 1 saturated carbocycles. The Balaban J connectivity index is 2.13. The third kappa shape index (κ3) is 2.28. The van der Waals surface area contributed by atoms with E-state index >= 15 is 0 Å². The van der Waals surface area contributed by atoms with E-state index in [9.17, 15) is 0 Å². The molecule has 1 heterocycles. The predicted octanol–water partition coefficient (Wildman–Crippen LogP) is 3.97. The number of nitrogens with zero attached hydrogens (tertiary/aromatic N) is 2. The number of benzene rings is 1. The third-order valence-electron chi connectivity index (χ3n) is 4.67. The lowest BCUT2D eigenvalue weighted by Crippen LogP contribution is -2.32. The first-order valence-electron chi connectivity index (χ1n) is 8.25. The molecule has 1 aromatic heterocycles. The normalized spacial score (nSPS) is 17.2. The summed E-state index contributed by atoms with van der Waals surface area (Å²) < 4.78 is 12.7. The Morgan fingerprint density at radius 1 is 1.15 bits per heavy atom. The molecule has 1 aliphatic rings. The molecule has 0 bridgehead atoms. The Kier molecular flexibility index (Phi) is 3.31. The largest absolute Gasteiger partial charge is 0.249 e. The summed E-state index contributed by atoms with van der Waals surface area (Å²) in [5.41, 5.74) is 4.96. The number of aryl methyl sites for hydroxylation is 1. The first-order valence-corrected chi connectivity index (χ1v) is 7.75. The molecule has 0 aliphatic heterocycles. The van der Waals surface area contributed by atoms with Crippen molar-refractivity contribution >= 4 is 0 Å². The molecule has 3 rings (SSSR count). The van der Waals surface area contributed by atoms with Crippen LogP contribution in [0.25, 0.3) is 5.69 Å². The Hall–Kier alpha value is -1.57. The average molecular weight is 270 g/mol. The van der Waals surface area contributed by atoms with Gasteiger partial charge in [-0.3, -0.25) is 0 Å². The molecule has 20 heavy (non-hydrogen) atoms. The SMILES string of the molecule is [2H]c1n(C)c(C2CCCCC2)c(C)[n+]1-c1ccccc1C. The van der Waals surface area contributed by atoms with Gasteiger partial charge in [0.2, 0.25) is 6.30 Å². The van der Waals surface area contributed by atoms with Crippen molar-refractivity contribution < 1.29 is 5.94 Å². The van der Waals surface area contributed by atoms with Crippen molar-refractivity contribution in [1.29, 1.82) is 0 Å². The van der Waals surface area contributed by atoms with Crippen molar-refractivity contribution in [3.05, 3.63) is 47.5 Å². The predicted molar refractivity (Wildman–Crippen MR) is 82.2 cm³/mol. The van der Waals surface area contributed by atoms with Crippen LogP contribution in [0.2, 0.25) is 0 Å². The molecule has 0 atom stereocenters. The summed E-state index contributed by atoms with van der Waals surface area (Å²) in [6.07, 6.45) is 7.14. The molecule has 2 heteroatoms. The minimum atomic E-state index is 0.586. The smallest absolute Gasteiger partial charge is 0.236 e. The number of para-hydroxylation sites is 1. The van der Waals surface area contributed by atoms with E-state index in [0.717, 1.165) is 5.69 Å². The van der Waals surface area contributed by atoms with Crippen molar-refractivity contribution in [2.45, 2.75) is 51.9 Å². The van der Waals surface area contributed by atoms with Crippen LogP contribution in [0.1, 0.15) is 56.3 Å². The highest BCUT2D eigenvalue weighted by Crippen LogP contribution is 2.33. The molecule has 0 unspecified atom stereocenters. The van der Waals surface area contributed by atoms with E-state index in [1.54, 1.807) is 0 Å². The summed E-state index contributed by atoms with van der Waals surface area (Å²) in [4.78, 5) is 0. The van der Waals surface area contributed by atoms with Crippen molar-refractivity contribution in [3.8, 4) is 5.69 Å². The second-order valence-corrected chi connectivity index (χ2v) is 6.09. The number of hydrogen-bond donors (Lipinski definition) is 0. The molecule has 1 aromatic carbocycles. The van der Waals surface area contributed by atoms with Crippen LogP contribution in [0.5, 0.6) is 0 Å². The summed E-state index contributed by atoms with van der Waals surface area (Å²) in [6.45, 7) is 4.29. The highest BCUT2D eigenvalue weighted by molar-refractivity contribution is 5.33. The van der Waals surface area contributed by atoms with Gasteiger partial charge in [-0.1, -0.05) is 37.5 Å². The van der Waals surface area contributed by atoms with Crippen LogP contribution in [0, 0.1) is 13.8 Å². The number of aromatic nitrogens is 2. The van der Waals surface area contributed by atoms with Crippen LogP contribution in [0.15, 0.2) is 30.6 Å². The van der Waals surface area contributed by atoms with Gasteiger partial charge in [0.05, 0.1) is 7.05 Å². The molecule has 2 nitrogen and oxygen atoms in total. The van der Waals surface area contributed by atoms with E-state index in [0.29, 0.717) is 12.2 Å². The number of hydrogen-bond acceptors (Lipinski definition) is 0. The lowest BCUT2D eigenvalue weighted by atomic mass is 9.86. The molecule has 0 spiro atoms. The molecule has 0 N–H and O–H groups in total. The third-order valence-corrected chi connectivity index (χ3v) is 4.67. The standard InChI is InChI=1S/C18H25N2/c1-14-9-7-8-12-17(14)20-13-19(3)18(15(20)2)16-10-5-4-6-11-16/h7-9,12-13,16H,4-6,10-11H2,1-3H3/q+1/i13D. The Morgan fingerprint density at radius 2 is 1.85 bits per heavy atom. The highest BCUT2D eigenvalue weighted by Gasteiger charge is 2.28. The first kappa shape index (κ1) is 12.2. The zero-order valence-electron chi connectivity index (χ0n) is 13.8. The van der Waals surface area contributed by atoms with Gasteiger partial charge >= 0.3 is 0 Å². The van der Waals surface area contributed by atoms with Crippen LogP contribution in [0.3, 0.4) is 0 Å². The van der Waals surface area contributed by atoms with Gasteiger partial charge in [0.15, 0.2) is 1.37 Å². The van der Waals surface area contributed by atoms with Crippen LogP contribution < -0.4 is 4.57 Å². The van der Waals surface area contributed by atoms with Crippen molar-refractivity contribution in [1.82, 2.24) is 4.57 Å². The van der Waals surface area contributed by atoms with Crippen LogP contribution in [-0.4, -0.2) is 4.57 Å². The minimum absolute atomic E-state index is 0.586. The van der Waals surface area contributed by atoms with Crippen LogP contribution in [0.4, 0.5) is 0 Å². The molecule has 0 radical (unpaired) electrons. The molecule has 0 amide bonds. The van der Waals surface area contributed by atoms with E-state index in [2.05, 4.69) is 47.2 Å². The molecule has 1 aliphatic carbocycles. The lowest BCUT2D eigenvalue weighted by Gasteiger charge is -2.19. The second-order valence-electron chi connectivity index (χ2n) is 6.09. The quantitative estimate of drug-likeness (QED) is 0.730. The van der Waals surface area contributed by atoms with Crippen LogP contribution >= 0.6 is 0 Å². The molecule has 1 fully saturated rings. The second kappa shape index (κ2) is 5.43. The highest BCUT2D eigenvalue weighted by atomic mass is 15.1. The average Bonchev–Trinajstić information content (AvgIpc) is 2.71. The van der Waals surface area contributed by atoms with Gasteiger partial charge in [0.25, 0.3) is 0 Å². The Morgan fingerprint density at radius 3 is 2.55 bits per heavy atom. The maximum absolute atomic E-state index is 8.54. The van der Waals surface area contributed by atoms with E-state index in [1.165, 1.54) is 49.1 Å². The van der Waals surface area contributed by atoms with Gasteiger partial charge in [0.1, 0.15) is 17.1 Å². The number of rotatable bonds is 2. The maximum Gasteiger partial charge on any atom is 0.249 e. The lowest BCUT2D eigenvalue weighted by molar-refractivity contribution is -0.602. The summed E-state index contributed by atoms with van der Waals surface area (Å²) in [7, 11) is 2.05. The minimum Gasteiger partial charge on any atom is -0.236 e. The zero-order valence-corrected chi connectivity index (χ0v) is 12.8. The Bertz CT molecular complexity index is 651. The molecular formula is C18H25N2+. The summed E-state index contributed by atoms with van der Waals surface area (Å²) >= 11 is 0. The van der Waals surface area contributed by atoms with Gasteiger partial charge in [-0.05, 0) is 31.4 Å².